The van der Waals surface area contributed by atoms with Crippen molar-refractivity contribution in [3.63, 3.8) is 0 Å². The summed E-state index contributed by atoms with van der Waals surface area (Å²) in [5.74, 6) is 2.71. The van der Waals surface area contributed by atoms with Gasteiger partial charge in [-0.1, -0.05) is 12.1 Å². The van der Waals surface area contributed by atoms with Crippen LogP contribution in [0.1, 0.15) is 164 Å². The predicted molar refractivity (Wildman–Crippen MR) is 438 cm³/mol. The number of rotatable bonds is 36. The van der Waals surface area contributed by atoms with E-state index in [9.17, 15) is 39.2 Å². The molecule has 8 aliphatic heterocycles. The maximum Gasteiger partial charge on any atom is 0.472 e. The molecule has 2 unspecified atom stereocenters. The van der Waals surface area contributed by atoms with Gasteiger partial charge in [0.25, 0.3) is 7.73 Å². The van der Waals surface area contributed by atoms with Gasteiger partial charge >= 0.3 is 7.82 Å². The fraction of sp³-hybridized carbons (Fsp3) is 0.600. The molecule has 12 rings (SSSR count). The molecule has 4 aromatic rings. The van der Waals surface area contributed by atoms with Gasteiger partial charge in [-0.05, 0) is 153 Å². The molecule has 0 aliphatic carbocycles. The van der Waals surface area contributed by atoms with Crippen molar-refractivity contribution in [3.8, 4) is 35.1 Å². The van der Waals surface area contributed by atoms with Gasteiger partial charge in [-0.25, -0.2) is 14.3 Å². The second-order valence-corrected chi connectivity index (χ2v) is 33.6. The third-order valence-electron chi connectivity index (χ3n) is 20.9. The van der Waals surface area contributed by atoms with Crippen molar-refractivity contribution < 1.29 is 104 Å². The molecule has 115 heavy (non-hydrogen) atoms. The number of benzene rings is 4. The van der Waals surface area contributed by atoms with Crippen LogP contribution in [0.3, 0.4) is 0 Å². The summed E-state index contributed by atoms with van der Waals surface area (Å²) >= 11 is 10.5. The quantitative estimate of drug-likeness (QED) is 0.0191. The molecule has 1 N–H and O–H groups in total. The van der Waals surface area contributed by atoms with Gasteiger partial charge in [0.1, 0.15) is 69.8 Å². The van der Waals surface area contributed by atoms with Crippen LogP contribution in [0.25, 0.3) is 9.69 Å². The van der Waals surface area contributed by atoms with Crippen molar-refractivity contribution in [1.29, 1.82) is 10.5 Å². The van der Waals surface area contributed by atoms with Crippen LogP contribution in [-0.2, 0) is 79.7 Å². The molecule has 624 valence electrons. The molecule has 10 atom stereocenters. The Labute approximate surface area is 701 Å². The summed E-state index contributed by atoms with van der Waals surface area (Å²) in [5.41, 5.74) is 1.86. The number of likely N-dealkylation sites (tertiary alicyclic amines) is 4. The van der Waals surface area contributed by atoms with Crippen molar-refractivity contribution >= 4 is 99.0 Å². The van der Waals surface area contributed by atoms with Crippen molar-refractivity contribution in [2.75, 3.05) is 132 Å². The number of hydrogen-bond acceptors (Lipinski definition) is 23. The Morgan fingerprint density at radius 2 is 0.713 bits per heavy atom. The van der Waals surface area contributed by atoms with Crippen molar-refractivity contribution in [1.82, 2.24) is 19.6 Å². The maximum absolute atomic E-state index is 12.9. The van der Waals surface area contributed by atoms with Crippen molar-refractivity contribution in [2.24, 2.45) is 0 Å². The predicted octanol–water partition coefficient (Wildman–Crippen LogP) is 14.0. The Bertz CT molecular complexity index is 4000. The lowest BCUT2D eigenvalue weighted by Gasteiger charge is -2.47. The largest absolute Gasteiger partial charge is 0.485 e. The molecule has 0 saturated carbocycles. The first-order valence-electron chi connectivity index (χ1n) is 38.5. The Morgan fingerprint density at radius 3 is 0.974 bits per heavy atom. The second kappa shape index (κ2) is 42.2. The zero-order valence-electron chi connectivity index (χ0n) is 66.0. The smallest absolute Gasteiger partial charge is 0.472 e. The first-order valence-corrected chi connectivity index (χ1v) is 48.3. The highest BCUT2D eigenvalue weighted by atomic mass is 128. The van der Waals surface area contributed by atoms with Gasteiger partial charge in [0, 0.05) is 111 Å². The number of halogens is 3. The van der Waals surface area contributed by atoms with Crippen molar-refractivity contribution in [3.05, 3.63) is 129 Å². The minimum Gasteiger partial charge on any atom is -0.485 e. The molecule has 4 aromatic carbocycles. The van der Waals surface area contributed by atoms with E-state index in [0.29, 0.717) is 97.4 Å². The topological polar surface area (TPSA) is 323 Å². The van der Waals surface area contributed by atoms with Gasteiger partial charge in [0.15, 0.2) is 11.4 Å². The number of hydrogen-bond donors (Lipinski definition) is 1. The molecule has 0 radical (unpaired) electrons. The first-order chi connectivity index (χ1) is 55.2. The molecule has 0 spiro atoms. The molecule has 0 bridgehead atoms. The minimum absolute atomic E-state index is 0.00550. The van der Waals surface area contributed by atoms with Crippen LogP contribution in [0, 0.1) is 35.8 Å². The van der Waals surface area contributed by atoms with Crippen LogP contribution in [0.15, 0.2) is 72.8 Å². The number of ether oxygens (including phenoxy) is 12. The van der Waals surface area contributed by atoms with Crippen molar-refractivity contribution in [2.45, 2.75) is 178 Å². The average Bonchev–Trinajstić information content (AvgIpc) is 1.66. The number of carbonyl (C=O) groups is 4. The highest BCUT2D eigenvalue weighted by molar-refractivity contribution is 15.0. The molecule has 8 heterocycles. The number of phosphoric ester groups is 1. The van der Waals surface area contributed by atoms with Gasteiger partial charge < -0.3 is 90.4 Å². The monoisotopic (exact) mass is 1880 g/mol. The summed E-state index contributed by atoms with van der Waals surface area (Å²) in [6, 6.07) is 23.7. The number of nitrogens with zero attached hydrogens (tertiary/aromatic N) is 8. The molecule has 8 aliphatic rings. The Kier molecular flexibility index (Phi) is 33.4. The fourth-order valence-corrected chi connectivity index (χ4v) is 17.4. The second-order valence-electron chi connectivity index (χ2n) is 30.4. The Morgan fingerprint density at radius 1 is 0.452 bits per heavy atom. The third kappa shape index (κ3) is 23.3. The van der Waals surface area contributed by atoms with Crippen LogP contribution in [0.4, 0.5) is 11.4 Å². The summed E-state index contributed by atoms with van der Waals surface area (Å²) in [7, 11) is -6.05. The highest BCUT2D eigenvalue weighted by Crippen LogP contribution is 2.52. The number of fused-ring (bicyclic) bond motifs is 4. The van der Waals surface area contributed by atoms with Gasteiger partial charge in [-0.2, -0.15) is 10.5 Å². The summed E-state index contributed by atoms with van der Waals surface area (Å²) in [4.78, 5) is 76.1. The van der Waals surface area contributed by atoms with Gasteiger partial charge in [0.2, 0.25) is 23.6 Å². The lowest BCUT2D eigenvalue weighted by Crippen LogP contribution is -2.55. The number of nitriles is 2. The van der Waals surface area contributed by atoms with E-state index in [4.69, 9.17) is 99.3 Å². The molecular formula is C80H101ClI2N8O22P2. The highest BCUT2D eigenvalue weighted by Gasteiger charge is 2.54. The summed E-state index contributed by atoms with van der Waals surface area (Å²) < 4.78 is 107. The number of amides is 4. The molecule has 4 amide bonds. The summed E-state index contributed by atoms with van der Waals surface area (Å²) in [6.45, 7) is 35.0. The van der Waals surface area contributed by atoms with E-state index < -0.39 is 74.5 Å². The molecule has 0 aromatic heterocycles. The zero-order chi connectivity index (χ0) is 82.7. The van der Waals surface area contributed by atoms with E-state index in [-0.39, 0.29) is 141 Å². The fourth-order valence-electron chi connectivity index (χ4n) is 15.8. The third-order valence-corrected chi connectivity index (χ3v) is 23.2. The zero-order valence-corrected chi connectivity index (χ0v) is 72.8. The van der Waals surface area contributed by atoms with Crippen LogP contribution >= 0.6 is 64.0 Å². The first kappa shape index (κ1) is 91.1. The number of carbonyl (C=O) groups excluding carboxylic acids is 4. The molecular weight excluding hydrogens is 1780 g/mol. The molecule has 4 saturated heterocycles. The Hall–Kier alpha value is -6.19. The van der Waals surface area contributed by atoms with Gasteiger partial charge in [-0.15, -0.1) is 0 Å². The van der Waals surface area contributed by atoms with E-state index in [1.54, 1.807) is 77.7 Å². The lowest BCUT2D eigenvalue weighted by molar-refractivity contribution is -0.152. The van der Waals surface area contributed by atoms with Gasteiger partial charge in [-0.3, -0.25) is 28.2 Å². The number of phosphoric acid groups is 1. The van der Waals surface area contributed by atoms with Crippen LogP contribution in [-0.4, -0.2) is 227 Å². The molecule has 4 fully saturated rings. The maximum atomic E-state index is 12.9. The standard InChI is InChI=1S/C40H50ClN4O10P.C40H51N4O12P.I2/c1-39(2)37(35(44-14-6-8-33(44)46)29-24-27(26-42)10-12-31(29)54-39)50-20-16-48-18-22-52-56(41)53-23-19-49-17-21-51-38-36(45-15-7-9-34(45)47)30-25-28(43-5)11-13-32(30)55-40(38,3)4;1-39(2)37(35(43-14-6-8-33(43)45)29-24-27(26-41)10-12-31(29)55-39)51-20-16-49-18-22-53-57(47,48)54-23-19-50-17-21-52-38-36(44-15-7-9-34(44)46)30-25-28(42-5)11-13-32(30)56-40(38,3)4;1-2/h10-13,24-25,35-38H,6-9,14-23H2,1-4H3;10-13,24-25,35-38H,6-9,14-23H2,1-4H3,(H,47,48);/t35-,36-,37+,38+,56?;35-,36-,37+,38+;/m11./s1. The SMILES string of the molecule is II.[C-]#[N+]c1ccc2c(c1)[C@@H](N1CCCC1=O)[C@H](OCCOCCOP(=O)(O)OCCOCCO[C@H]1[C@H](N3CCCC3=O)c3cc(C#N)ccc3OC1(C)C)C(C)(C)O2.[C-]#[N+]c1ccc2c(c1)[C@@H](N1CCCC1=O)[C@H](OCCOCCOP(Cl)OCCOCCO[C@H]1[C@H](N3CCCC3=O)c3cc(C#N)ccc3OC1(C)C)C(C)(C)O2. The average molecular weight is 1880 g/mol. The molecule has 35 heteroatoms. The van der Waals surface area contributed by atoms with E-state index in [1.807, 2.05) is 70.1 Å². The van der Waals surface area contributed by atoms with E-state index in [0.717, 1.165) is 47.9 Å². The van der Waals surface area contributed by atoms with Gasteiger partial charge in [0.05, 0.1) is 166 Å². The lowest BCUT2D eigenvalue weighted by atomic mass is 9.84. The van der Waals surface area contributed by atoms with Crippen LogP contribution in [0.5, 0.6) is 23.0 Å². The van der Waals surface area contributed by atoms with E-state index in [1.165, 1.54) is 0 Å². The molecule has 30 nitrogen and oxygen atoms in total. The van der Waals surface area contributed by atoms with E-state index >= 15 is 0 Å². The minimum atomic E-state index is -4.39. The van der Waals surface area contributed by atoms with Crippen LogP contribution < -0.4 is 18.9 Å². The van der Waals surface area contributed by atoms with E-state index in [2.05, 4.69) is 59.1 Å². The Balaban J connectivity index is 0.000000238. The summed E-state index contributed by atoms with van der Waals surface area (Å²) in [6.07, 6.45) is 2.86. The van der Waals surface area contributed by atoms with Crippen LogP contribution in [0.2, 0.25) is 0 Å². The normalized spacial score (nSPS) is 23.9. The summed E-state index contributed by atoms with van der Waals surface area (Å²) in [5, 5.41) is 19.0.